The molecule has 3 aromatic rings. The van der Waals surface area contributed by atoms with Crippen LogP contribution in [0.4, 0.5) is 0 Å². The average molecular weight is 289 g/mol. The maximum absolute atomic E-state index is 11.9. The Balaban J connectivity index is 2.03. The number of benzene rings is 2. The molecule has 0 unspecified atom stereocenters. The summed E-state index contributed by atoms with van der Waals surface area (Å²) in [4.78, 5) is 14.4. The van der Waals surface area contributed by atoms with E-state index in [1.807, 2.05) is 36.4 Å². The summed E-state index contributed by atoms with van der Waals surface area (Å²) in [6.07, 6.45) is 3.53. The van der Waals surface area contributed by atoms with E-state index in [-0.39, 0.29) is 11.4 Å². The SMILES string of the molecule is O=c1[nH]c(O)c(/C=c2\ccc3c(c2)C=NN=3)c2ccccc12. The minimum atomic E-state index is -0.301. The van der Waals surface area contributed by atoms with E-state index in [4.69, 9.17) is 0 Å². The second kappa shape index (κ2) is 4.66. The van der Waals surface area contributed by atoms with Gasteiger partial charge in [0.25, 0.3) is 5.56 Å². The molecule has 0 radical (unpaired) electrons. The molecule has 0 amide bonds. The number of rotatable bonds is 1. The Morgan fingerprint density at radius 1 is 1.09 bits per heavy atom. The molecule has 0 atom stereocenters. The Kier molecular flexibility index (Phi) is 2.66. The molecular weight excluding hydrogens is 278 g/mol. The Morgan fingerprint density at radius 2 is 1.91 bits per heavy atom. The molecule has 0 aliphatic carbocycles. The van der Waals surface area contributed by atoms with Gasteiger partial charge in [-0.05, 0) is 34.9 Å². The van der Waals surface area contributed by atoms with Gasteiger partial charge < -0.3 is 5.11 Å². The summed E-state index contributed by atoms with van der Waals surface area (Å²) in [6.45, 7) is 0. The fourth-order valence-corrected chi connectivity index (χ4v) is 2.61. The lowest BCUT2D eigenvalue weighted by atomic mass is 10.1. The number of nitrogens with zero attached hydrogens (tertiary/aromatic N) is 2. The predicted octanol–water partition coefficient (Wildman–Crippen LogP) is 1.03. The van der Waals surface area contributed by atoms with Crippen LogP contribution >= 0.6 is 0 Å². The normalized spacial score (nSPS) is 13.4. The molecule has 0 bridgehead atoms. The molecule has 0 fully saturated rings. The summed E-state index contributed by atoms with van der Waals surface area (Å²) in [6, 6.07) is 12.9. The van der Waals surface area contributed by atoms with Crippen LogP contribution in [0.5, 0.6) is 5.88 Å². The van der Waals surface area contributed by atoms with E-state index in [9.17, 15) is 9.90 Å². The lowest BCUT2D eigenvalue weighted by Crippen LogP contribution is -2.13. The van der Waals surface area contributed by atoms with Gasteiger partial charge in [-0.3, -0.25) is 9.78 Å². The molecule has 1 aromatic heterocycles. The number of aromatic amines is 1. The van der Waals surface area contributed by atoms with Gasteiger partial charge in [0.15, 0.2) is 5.88 Å². The zero-order valence-corrected chi connectivity index (χ0v) is 11.4. The zero-order valence-electron chi connectivity index (χ0n) is 11.4. The fraction of sp³-hybridized carbons (Fsp3) is 0. The molecule has 1 aliphatic heterocycles. The maximum Gasteiger partial charge on any atom is 0.258 e. The van der Waals surface area contributed by atoms with Gasteiger partial charge in [-0.2, -0.15) is 10.2 Å². The van der Waals surface area contributed by atoms with Gasteiger partial charge in [0, 0.05) is 16.5 Å². The molecule has 106 valence electrons. The highest BCUT2D eigenvalue weighted by Crippen LogP contribution is 2.22. The first-order chi connectivity index (χ1) is 10.7. The average Bonchev–Trinajstić information content (AvgIpc) is 2.99. The van der Waals surface area contributed by atoms with E-state index >= 15 is 0 Å². The Morgan fingerprint density at radius 3 is 2.77 bits per heavy atom. The van der Waals surface area contributed by atoms with Crippen molar-refractivity contribution >= 4 is 23.1 Å². The van der Waals surface area contributed by atoms with Crippen molar-refractivity contribution in [2.45, 2.75) is 0 Å². The number of hydrogen-bond donors (Lipinski definition) is 2. The summed E-state index contributed by atoms with van der Waals surface area (Å²) in [5, 5.41) is 20.9. The van der Waals surface area contributed by atoms with Crippen molar-refractivity contribution in [1.29, 1.82) is 0 Å². The summed E-state index contributed by atoms with van der Waals surface area (Å²) >= 11 is 0. The molecule has 1 aliphatic rings. The van der Waals surface area contributed by atoms with Crippen LogP contribution in [0, 0.1) is 0 Å². The van der Waals surface area contributed by atoms with Gasteiger partial charge in [0.1, 0.15) is 0 Å². The van der Waals surface area contributed by atoms with E-state index in [1.165, 1.54) is 0 Å². The summed E-state index contributed by atoms with van der Waals surface area (Å²) in [5.41, 5.74) is 1.22. The number of H-pyrrole nitrogens is 1. The Hall–Kier alpha value is -3.21. The number of hydrogen-bond acceptors (Lipinski definition) is 4. The van der Waals surface area contributed by atoms with E-state index in [0.717, 1.165) is 16.1 Å². The van der Waals surface area contributed by atoms with Crippen molar-refractivity contribution in [1.82, 2.24) is 4.98 Å². The second-order valence-corrected chi connectivity index (χ2v) is 5.07. The van der Waals surface area contributed by atoms with Gasteiger partial charge in [0.2, 0.25) is 0 Å². The molecule has 0 saturated carbocycles. The third-order valence-corrected chi connectivity index (χ3v) is 3.67. The molecule has 5 nitrogen and oxygen atoms in total. The van der Waals surface area contributed by atoms with E-state index in [2.05, 4.69) is 15.2 Å². The van der Waals surface area contributed by atoms with Crippen LogP contribution in [0.25, 0.3) is 16.8 Å². The topological polar surface area (TPSA) is 77.8 Å². The highest BCUT2D eigenvalue weighted by molar-refractivity contribution is 5.91. The van der Waals surface area contributed by atoms with Crippen LogP contribution in [-0.2, 0) is 0 Å². The molecule has 2 N–H and O–H groups in total. The van der Waals surface area contributed by atoms with Gasteiger partial charge in [0.05, 0.1) is 11.6 Å². The van der Waals surface area contributed by atoms with Crippen LogP contribution in [-0.4, -0.2) is 16.3 Å². The van der Waals surface area contributed by atoms with Crippen LogP contribution in [0.2, 0.25) is 0 Å². The second-order valence-electron chi connectivity index (χ2n) is 5.07. The van der Waals surface area contributed by atoms with Gasteiger partial charge in [-0.1, -0.05) is 24.3 Å². The third-order valence-electron chi connectivity index (χ3n) is 3.67. The Bertz CT molecular complexity index is 1110. The predicted molar refractivity (Wildman–Crippen MR) is 84.6 cm³/mol. The van der Waals surface area contributed by atoms with Gasteiger partial charge in [-0.25, -0.2) is 0 Å². The van der Waals surface area contributed by atoms with Crippen molar-refractivity contribution < 1.29 is 5.11 Å². The van der Waals surface area contributed by atoms with E-state index in [0.29, 0.717) is 16.3 Å². The number of pyridine rings is 1. The third kappa shape index (κ3) is 1.91. The molecule has 22 heavy (non-hydrogen) atoms. The quantitative estimate of drug-likeness (QED) is 0.702. The molecule has 0 saturated heterocycles. The molecule has 5 heteroatoms. The van der Waals surface area contributed by atoms with Crippen molar-refractivity contribution in [3.05, 3.63) is 74.5 Å². The van der Waals surface area contributed by atoms with Crippen molar-refractivity contribution in [2.75, 3.05) is 0 Å². The first-order valence-corrected chi connectivity index (χ1v) is 6.79. The minimum Gasteiger partial charge on any atom is -0.494 e. The molecular formula is C17H11N3O2. The first kappa shape index (κ1) is 12.5. The van der Waals surface area contributed by atoms with Crippen LogP contribution < -0.4 is 16.1 Å². The molecule has 0 spiro atoms. The number of fused-ring (bicyclic) bond motifs is 2. The number of nitrogens with one attached hydrogen (secondary N) is 1. The highest BCUT2D eigenvalue weighted by Gasteiger charge is 2.08. The van der Waals surface area contributed by atoms with Gasteiger partial charge >= 0.3 is 0 Å². The maximum atomic E-state index is 11.9. The first-order valence-electron chi connectivity index (χ1n) is 6.79. The highest BCUT2D eigenvalue weighted by atomic mass is 16.3. The van der Waals surface area contributed by atoms with Crippen molar-refractivity contribution in [3.8, 4) is 5.88 Å². The Labute approximate surface area is 124 Å². The fourth-order valence-electron chi connectivity index (χ4n) is 2.61. The summed E-state index contributed by atoms with van der Waals surface area (Å²) in [5.74, 6) is -0.137. The molecule has 4 rings (SSSR count). The summed E-state index contributed by atoms with van der Waals surface area (Å²) < 4.78 is 0. The molecule has 2 heterocycles. The number of aromatic nitrogens is 1. The largest absolute Gasteiger partial charge is 0.494 e. The monoisotopic (exact) mass is 289 g/mol. The lowest BCUT2D eigenvalue weighted by molar-refractivity contribution is 0.452. The smallest absolute Gasteiger partial charge is 0.258 e. The zero-order chi connectivity index (χ0) is 15.1. The number of aromatic hydroxyl groups is 1. The van der Waals surface area contributed by atoms with Crippen LogP contribution in [0.15, 0.2) is 57.5 Å². The summed E-state index contributed by atoms with van der Waals surface area (Å²) in [7, 11) is 0. The lowest BCUT2D eigenvalue weighted by Gasteiger charge is -2.04. The minimum absolute atomic E-state index is 0.137. The van der Waals surface area contributed by atoms with Crippen molar-refractivity contribution in [3.63, 3.8) is 0 Å². The van der Waals surface area contributed by atoms with Gasteiger partial charge in [-0.15, -0.1) is 0 Å². The van der Waals surface area contributed by atoms with Crippen LogP contribution in [0.1, 0.15) is 11.1 Å². The van der Waals surface area contributed by atoms with Crippen molar-refractivity contribution in [2.24, 2.45) is 10.2 Å². The van der Waals surface area contributed by atoms with Crippen LogP contribution in [0.3, 0.4) is 0 Å². The van der Waals surface area contributed by atoms with E-state index < -0.39 is 0 Å². The van der Waals surface area contributed by atoms with E-state index in [1.54, 1.807) is 18.3 Å². The standard InChI is InChI=1S/C17H11N3O2/c21-16-13-4-2-1-3-12(13)14(17(22)19-16)8-10-5-6-15-11(7-10)9-18-20-15/h1-9H,(H2,19,21,22)/b10-8+. The molecule has 2 aromatic carbocycles.